The molecule has 3 fully saturated rings. The van der Waals surface area contributed by atoms with Crippen LogP contribution >= 0.6 is 0 Å². The van der Waals surface area contributed by atoms with Gasteiger partial charge in [-0.1, -0.05) is 76.3 Å². The first kappa shape index (κ1) is 22.2. The monoisotopic (exact) mass is 425 g/mol. The van der Waals surface area contributed by atoms with Gasteiger partial charge in [-0.2, -0.15) is 0 Å². The molecule has 31 heavy (non-hydrogen) atoms. The van der Waals surface area contributed by atoms with E-state index in [1.807, 2.05) is 24.3 Å². The Morgan fingerprint density at radius 3 is 2.42 bits per heavy atom. The van der Waals surface area contributed by atoms with Gasteiger partial charge >= 0.3 is 0 Å². The SMILES string of the molecule is COc1cccc(CN2C(=N)N[C@](CCC3CCCCC3)(CC3CCCCC3)C2=O)c1. The van der Waals surface area contributed by atoms with Crippen LogP contribution in [0.4, 0.5) is 0 Å². The van der Waals surface area contributed by atoms with Crippen molar-refractivity contribution in [1.82, 2.24) is 10.2 Å². The largest absolute Gasteiger partial charge is 0.497 e. The second-order valence-electron chi connectivity index (χ2n) is 10.0. The minimum absolute atomic E-state index is 0.113. The third-order valence-electron chi connectivity index (χ3n) is 7.82. The van der Waals surface area contributed by atoms with Crippen molar-refractivity contribution in [2.45, 2.75) is 95.6 Å². The average Bonchev–Trinajstić information content (AvgIpc) is 3.03. The molecule has 5 heteroatoms. The predicted octanol–water partition coefficient (Wildman–Crippen LogP) is 5.63. The van der Waals surface area contributed by atoms with E-state index in [9.17, 15) is 4.79 Å². The van der Waals surface area contributed by atoms with E-state index in [0.29, 0.717) is 12.5 Å². The number of nitrogens with one attached hydrogen (secondary N) is 2. The molecule has 0 aromatic heterocycles. The van der Waals surface area contributed by atoms with E-state index in [1.165, 1.54) is 64.2 Å². The van der Waals surface area contributed by atoms with Gasteiger partial charge in [0.05, 0.1) is 13.7 Å². The molecule has 0 radical (unpaired) electrons. The maximum atomic E-state index is 13.8. The zero-order valence-electron chi connectivity index (χ0n) is 19.1. The van der Waals surface area contributed by atoms with Crippen molar-refractivity contribution in [3.05, 3.63) is 29.8 Å². The summed E-state index contributed by atoms with van der Waals surface area (Å²) in [6.07, 6.45) is 15.8. The van der Waals surface area contributed by atoms with Gasteiger partial charge < -0.3 is 10.1 Å². The highest BCUT2D eigenvalue weighted by Gasteiger charge is 2.50. The minimum atomic E-state index is -0.588. The summed E-state index contributed by atoms with van der Waals surface area (Å²) >= 11 is 0. The number of carbonyl (C=O) groups excluding carboxylic acids is 1. The molecule has 1 saturated heterocycles. The van der Waals surface area contributed by atoms with Crippen molar-refractivity contribution in [3.63, 3.8) is 0 Å². The van der Waals surface area contributed by atoms with Gasteiger partial charge in [0.25, 0.3) is 5.91 Å². The highest BCUT2D eigenvalue weighted by Crippen LogP contribution is 2.39. The number of benzene rings is 1. The van der Waals surface area contributed by atoms with Crippen LogP contribution in [0.2, 0.25) is 0 Å². The number of hydrogen-bond acceptors (Lipinski definition) is 3. The van der Waals surface area contributed by atoms with E-state index in [2.05, 4.69) is 5.32 Å². The third kappa shape index (κ3) is 5.24. The molecule has 5 nitrogen and oxygen atoms in total. The van der Waals surface area contributed by atoms with Gasteiger partial charge in [-0.05, 0) is 48.8 Å². The van der Waals surface area contributed by atoms with Gasteiger partial charge in [0.1, 0.15) is 11.3 Å². The molecule has 1 aromatic carbocycles. The molecule has 2 N–H and O–H groups in total. The summed E-state index contributed by atoms with van der Waals surface area (Å²) in [7, 11) is 1.66. The molecule has 2 aliphatic carbocycles. The number of nitrogens with zero attached hydrogens (tertiary/aromatic N) is 1. The molecule has 4 rings (SSSR count). The average molecular weight is 426 g/mol. The van der Waals surface area contributed by atoms with E-state index < -0.39 is 5.54 Å². The molecule has 3 aliphatic rings. The van der Waals surface area contributed by atoms with E-state index in [1.54, 1.807) is 12.0 Å². The topological polar surface area (TPSA) is 65.4 Å². The van der Waals surface area contributed by atoms with Crippen LogP contribution in [0.15, 0.2) is 24.3 Å². The summed E-state index contributed by atoms with van der Waals surface area (Å²) < 4.78 is 5.35. The molecule has 1 aliphatic heterocycles. The maximum absolute atomic E-state index is 13.8. The Morgan fingerprint density at radius 1 is 1.06 bits per heavy atom. The molecule has 1 atom stereocenters. The fourth-order valence-corrected chi connectivity index (χ4v) is 6.03. The van der Waals surface area contributed by atoms with Crippen molar-refractivity contribution < 1.29 is 9.53 Å². The Balaban J connectivity index is 1.51. The first-order valence-corrected chi connectivity index (χ1v) is 12.4. The number of hydrogen-bond donors (Lipinski definition) is 2. The molecule has 2 saturated carbocycles. The van der Waals surface area contributed by atoms with Crippen LogP contribution < -0.4 is 10.1 Å². The molecule has 170 valence electrons. The summed E-state index contributed by atoms with van der Waals surface area (Å²) in [6.45, 7) is 0.428. The van der Waals surface area contributed by atoms with E-state index >= 15 is 0 Å². The van der Waals surface area contributed by atoms with Gasteiger partial charge in [0, 0.05) is 0 Å². The normalized spacial score (nSPS) is 25.6. The smallest absolute Gasteiger partial charge is 0.255 e. The van der Waals surface area contributed by atoms with Crippen LogP contribution in [-0.2, 0) is 11.3 Å². The third-order valence-corrected chi connectivity index (χ3v) is 7.82. The number of ether oxygens (including phenoxy) is 1. The molecule has 0 bridgehead atoms. The quantitative estimate of drug-likeness (QED) is 0.567. The Labute approximate surface area is 187 Å². The summed E-state index contributed by atoms with van der Waals surface area (Å²) in [6, 6.07) is 7.83. The van der Waals surface area contributed by atoms with Crippen molar-refractivity contribution in [2.75, 3.05) is 7.11 Å². The van der Waals surface area contributed by atoms with Crippen molar-refractivity contribution in [1.29, 1.82) is 5.41 Å². The lowest BCUT2D eigenvalue weighted by Gasteiger charge is -2.34. The lowest BCUT2D eigenvalue weighted by Crippen LogP contribution is -2.49. The highest BCUT2D eigenvalue weighted by atomic mass is 16.5. The minimum Gasteiger partial charge on any atom is -0.497 e. The van der Waals surface area contributed by atoms with Crippen LogP contribution in [-0.4, -0.2) is 29.4 Å². The molecule has 1 amide bonds. The Kier molecular flexibility index (Phi) is 7.19. The molecule has 1 aromatic rings. The molecule has 0 unspecified atom stereocenters. The first-order valence-electron chi connectivity index (χ1n) is 12.4. The zero-order valence-corrected chi connectivity index (χ0v) is 19.1. The van der Waals surface area contributed by atoms with Crippen LogP contribution in [0.25, 0.3) is 0 Å². The van der Waals surface area contributed by atoms with Crippen LogP contribution in [0, 0.1) is 17.2 Å². The number of guanidine groups is 1. The van der Waals surface area contributed by atoms with Gasteiger partial charge in [-0.25, -0.2) is 0 Å². The molecule has 1 heterocycles. The summed E-state index contributed by atoms with van der Waals surface area (Å²) in [5.74, 6) is 2.51. The lowest BCUT2D eigenvalue weighted by molar-refractivity contribution is -0.132. The Hall–Kier alpha value is -2.04. The predicted molar refractivity (Wildman–Crippen MR) is 124 cm³/mol. The van der Waals surface area contributed by atoms with Crippen LogP contribution in [0.3, 0.4) is 0 Å². The van der Waals surface area contributed by atoms with Crippen molar-refractivity contribution in [2.24, 2.45) is 11.8 Å². The van der Waals surface area contributed by atoms with Crippen LogP contribution in [0.1, 0.15) is 89.0 Å². The number of methoxy groups -OCH3 is 1. The molecular formula is C26H39N3O2. The second kappa shape index (κ2) is 10.1. The number of amides is 1. The van der Waals surface area contributed by atoms with Gasteiger partial charge in [0.2, 0.25) is 0 Å². The Bertz CT molecular complexity index is 768. The standard InChI is InChI=1S/C26H39N3O2/c1-31-23-14-8-13-22(17-23)19-29-24(30)26(28-25(29)27,18-21-11-6-3-7-12-21)16-15-20-9-4-2-5-10-20/h8,13-14,17,20-21H,2-7,9-12,15-16,18-19H2,1H3,(H2,27,28)/t26-/m1/s1. The van der Waals surface area contributed by atoms with Gasteiger partial charge in [-0.15, -0.1) is 0 Å². The zero-order chi connectivity index (χ0) is 21.7. The van der Waals surface area contributed by atoms with Crippen molar-refractivity contribution >= 4 is 11.9 Å². The fraction of sp³-hybridized carbons (Fsp3) is 0.692. The lowest BCUT2D eigenvalue weighted by atomic mass is 9.75. The number of rotatable bonds is 8. The summed E-state index contributed by atoms with van der Waals surface area (Å²) in [5.41, 5.74) is 0.412. The van der Waals surface area contributed by atoms with E-state index in [0.717, 1.165) is 36.5 Å². The van der Waals surface area contributed by atoms with Gasteiger partial charge in [0.15, 0.2) is 5.96 Å². The second-order valence-corrected chi connectivity index (χ2v) is 10.0. The maximum Gasteiger partial charge on any atom is 0.255 e. The summed E-state index contributed by atoms with van der Waals surface area (Å²) in [5, 5.41) is 12.1. The summed E-state index contributed by atoms with van der Waals surface area (Å²) in [4.78, 5) is 15.5. The first-order chi connectivity index (χ1) is 15.1. The van der Waals surface area contributed by atoms with Crippen LogP contribution in [0.5, 0.6) is 5.75 Å². The fourth-order valence-electron chi connectivity index (χ4n) is 6.03. The van der Waals surface area contributed by atoms with Gasteiger partial charge in [-0.3, -0.25) is 15.1 Å². The molecular weight excluding hydrogens is 386 g/mol. The van der Waals surface area contributed by atoms with Crippen molar-refractivity contribution in [3.8, 4) is 5.75 Å². The molecule has 0 spiro atoms. The highest BCUT2D eigenvalue weighted by molar-refractivity contribution is 6.07. The number of carbonyl (C=O) groups is 1. The van der Waals surface area contributed by atoms with E-state index in [4.69, 9.17) is 10.1 Å². The van der Waals surface area contributed by atoms with E-state index in [-0.39, 0.29) is 11.9 Å². The Morgan fingerprint density at radius 2 is 1.74 bits per heavy atom.